The number of carbonyl (C=O) groups is 1. The fraction of sp³-hybridized carbons (Fsp3) is 0.500. The van der Waals surface area contributed by atoms with Gasteiger partial charge in [-0.25, -0.2) is 4.98 Å². The summed E-state index contributed by atoms with van der Waals surface area (Å²) in [7, 11) is 0. The van der Waals surface area contributed by atoms with Gasteiger partial charge in [-0.3, -0.25) is 4.79 Å². The Balaban J connectivity index is 2.92. The lowest BCUT2D eigenvalue weighted by Crippen LogP contribution is -2.57. The summed E-state index contributed by atoms with van der Waals surface area (Å²) in [5.41, 5.74) is -1.30. The van der Waals surface area contributed by atoms with Crippen molar-refractivity contribution in [3.05, 3.63) is 28.5 Å². The van der Waals surface area contributed by atoms with Crippen molar-refractivity contribution in [1.29, 1.82) is 0 Å². The van der Waals surface area contributed by atoms with Crippen molar-refractivity contribution in [2.24, 2.45) is 0 Å². The zero-order valence-corrected chi connectivity index (χ0v) is 12.0. The van der Waals surface area contributed by atoms with Crippen LogP contribution in [0.5, 0.6) is 0 Å². The van der Waals surface area contributed by atoms with Gasteiger partial charge >= 0.3 is 0 Å². The fourth-order valence-electron chi connectivity index (χ4n) is 1.06. The average Bonchev–Trinajstić information content (AvgIpc) is 2.15. The van der Waals surface area contributed by atoms with Crippen molar-refractivity contribution in [2.45, 2.75) is 38.8 Å². The number of amides is 1. The molecule has 1 heterocycles. The van der Waals surface area contributed by atoms with Gasteiger partial charge in [0.05, 0.1) is 16.7 Å². The number of rotatable bonds is 3. The zero-order chi connectivity index (χ0) is 13.3. The van der Waals surface area contributed by atoms with Crippen molar-refractivity contribution in [3.8, 4) is 0 Å². The van der Waals surface area contributed by atoms with Gasteiger partial charge in [0.15, 0.2) is 0 Å². The molecule has 5 heteroatoms. The van der Waals surface area contributed by atoms with E-state index in [0.717, 1.165) is 0 Å². The standard InChI is InChI=1S/C12H17BrN2O2/c1-11(2,12(3,4)17)15-10(16)8-6-5-7-14-9(8)13/h5-7,17H,1-4H3,(H,15,16). The first kappa shape index (κ1) is 14.1. The van der Waals surface area contributed by atoms with Gasteiger partial charge in [-0.05, 0) is 55.8 Å². The fourth-order valence-corrected chi connectivity index (χ4v) is 1.49. The highest BCUT2D eigenvalue weighted by Crippen LogP contribution is 2.22. The van der Waals surface area contributed by atoms with Crippen LogP contribution in [0.2, 0.25) is 0 Å². The summed E-state index contributed by atoms with van der Waals surface area (Å²) in [6, 6.07) is 3.36. The Morgan fingerprint density at radius 2 is 2.00 bits per heavy atom. The van der Waals surface area contributed by atoms with Crippen LogP contribution in [-0.2, 0) is 0 Å². The predicted octanol–water partition coefficient (Wildman–Crippen LogP) is 2.12. The predicted molar refractivity (Wildman–Crippen MR) is 69.8 cm³/mol. The molecule has 0 unspecified atom stereocenters. The number of halogens is 1. The number of carbonyl (C=O) groups excluding carboxylic acids is 1. The van der Waals surface area contributed by atoms with Crippen LogP contribution in [-0.4, -0.2) is 27.1 Å². The number of nitrogens with one attached hydrogen (secondary N) is 1. The molecule has 1 aromatic rings. The van der Waals surface area contributed by atoms with Gasteiger partial charge in [0.2, 0.25) is 0 Å². The molecule has 94 valence electrons. The minimum atomic E-state index is -1.02. The smallest absolute Gasteiger partial charge is 0.254 e. The summed E-state index contributed by atoms with van der Waals surface area (Å²) in [6.07, 6.45) is 1.60. The minimum Gasteiger partial charge on any atom is -0.388 e. The highest BCUT2D eigenvalue weighted by atomic mass is 79.9. The number of aliphatic hydroxyl groups is 1. The van der Waals surface area contributed by atoms with Gasteiger partial charge < -0.3 is 10.4 Å². The van der Waals surface area contributed by atoms with Crippen LogP contribution in [0.3, 0.4) is 0 Å². The molecule has 1 aromatic heterocycles. The highest BCUT2D eigenvalue weighted by Gasteiger charge is 2.36. The normalized spacial score (nSPS) is 12.4. The first-order valence-electron chi connectivity index (χ1n) is 5.30. The Hall–Kier alpha value is -0.940. The molecule has 0 saturated carbocycles. The first-order valence-corrected chi connectivity index (χ1v) is 6.10. The molecule has 0 aliphatic carbocycles. The van der Waals surface area contributed by atoms with Crippen LogP contribution in [0, 0.1) is 0 Å². The molecule has 0 radical (unpaired) electrons. The number of nitrogens with zero attached hydrogens (tertiary/aromatic N) is 1. The number of hydrogen-bond donors (Lipinski definition) is 2. The van der Waals surface area contributed by atoms with E-state index < -0.39 is 11.1 Å². The van der Waals surface area contributed by atoms with Gasteiger partial charge in [-0.1, -0.05) is 0 Å². The second-order valence-corrected chi connectivity index (χ2v) is 5.73. The molecule has 17 heavy (non-hydrogen) atoms. The summed E-state index contributed by atoms with van der Waals surface area (Å²) in [5, 5.41) is 12.8. The van der Waals surface area contributed by atoms with E-state index in [1.165, 1.54) is 0 Å². The monoisotopic (exact) mass is 300 g/mol. The molecule has 0 aliphatic rings. The van der Waals surface area contributed by atoms with E-state index in [9.17, 15) is 9.90 Å². The molecule has 0 spiro atoms. The lowest BCUT2D eigenvalue weighted by Gasteiger charge is -2.38. The highest BCUT2D eigenvalue weighted by molar-refractivity contribution is 9.10. The third kappa shape index (κ3) is 3.26. The third-order valence-corrected chi connectivity index (χ3v) is 3.59. The molecule has 0 aromatic carbocycles. The van der Waals surface area contributed by atoms with E-state index >= 15 is 0 Å². The molecule has 1 rings (SSSR count). The van der Waals surface area contributed by atoms with Crippen LogP contribution in [0.4, 0.5) is 0 Å². The van der Waals surface area contributed by atoms with Crippen molar-refractivity contribution >= 4 is 21.8 Å². The third-order valence-electron chi connectivity index (χ3n) is 2.96. The molecular formula is C12H17BrN2O2. The van der Waals surface area contributed by atoms with E-state index in [4.69, 9.17) is 0 Å². The average molecular weight is 301 g/mol. The molecule has 1 amide bonds. The van der Waals surface area contributed by atoms with E-state index in [1.807, 2.05) is 0 Å². The van der Waals surface area contributed by atoms with Crippen LogP contribution in [0.1, 0.15) is 38.1 Å². The Morgan fingerprint density at radius 1 is 1.41 bits per heavy atom. The number of aromatic nitrogens is 1. The number of pyridine rings is 1. The first-order chi connectivity index (χ1) is 7.65. The lowest BCUT2D eigenvalue weighted by atomic mass is 9.86. The summed E-state index contributed by atoms with van der Waals surface area (Å²) in [5.74, 6) is -0.267. The van der Waals surface area contributed by atoms with E-state index in [2.05, 4.69) is 26.2 Å². The maximum absolute atomic E-state index is 12.0. The Labute approximate surface area is 110 Å². The minimum absolute atomic E-state index is 0.267. The molecule has 0 aliphatic heterocycles. The largest absolute Gasteiger partial charge is 0.388 e. The summed E-state index contributed by atoms with van der Waals surface area (Å²) >= 11 is 3.22. The van der Waals surface area contributed by atoms with Crippen LogP contribution in [0.25, 0.3) is 0 Å². The maximum Gasteiger partial charge on any atom is 0.254 e. The van der Waals surface area contributed by atoms with E-state index in [0.29, 0.717) is 10.2 Å². The topological polar surface area (TPSA) is 62.2 Å². The number of hydrogen-bond acceptors (Lipinski definition) is 3. The van der Waals surface area contributed by atoms with E-state index in [1.54, 1.807) is 46.0 Å². The van der Waals surface area contributed by atoms with Gasteiger partial charge in [-0.15, -0.1) is 0 Å². The summed E-state index contributed by atoms with van der Waals surface area (Å²) in [4.78, 5) is 16.0. The molecule has 0 atom stereocenters. The van der Waals surface area contributed by atoms with Crippen molar-refractivity contribution in [3.63, 3.8) is 0 Å². The SMILES string of the molecule is CC(C)(O)C(C)(C)NC(=O)c1cccnc1Br. The Bertz CT molecular complexity index is 425. The lowest BCUT2D eigenvalue weighted by molar-refractivity contribution is -0.00295. The maximum atomic E-state index is 12.0. The van der Waals surface area contributed by atoms with Crippen LogP contribution in [0.15, 0.2) is 22.9 Å². The van der Waals surface area contributed by atoms with Crippen LogP contribution >= 0.6 is 15.9 Å². The molecule has 0 bridgehead atoms. The Kier molecular flexibility index (Phi) is 3.94. The van der Waals surface area contributed by atoms with Gasteiger partial charge in [0.1, 0.15) is 4.60 Å². The van der Waals surface area contributed by atoms with E-state index in [-0.39, 0.29) is 5.91 Å². The molecule has 0 fully saturated rings. The van der Waals surface area contributed by atoms with Crippen molar-refractivity contribution in [2.75, 3.05) is 0 Å². The van der Waals surface area contributed by atoms with Gasteiger partial charge in [0.25, 0.3) is 5.91 Å². The molecule has 0 saturated heterocycles. The molecular weight excluding hydrogens is 284 g/mol. The Morgan fingerprint density at radius 3 is 2.47 bits per heavy atom. The second-order valence-electron chi connectivity index (χ2n) is 4.98. The van der Waals surface area contributed by atoms with Gasteiger partial charge in [0, 0.05) is 6.20 Å². The quantitative estimate of drug-likeness (QED) is 0.841. The second kappa shape index (κ2) is 4.74. The van der Waals surface area contributed by atoms with Gasteiger partial charge in [-0.2, -0.15) is 0 Å². The molecule has 4 nitrogen and oxygen atoms in total. The zero-order valence-electron chi connectivity index (χ0n) is 10.4. The van der Waals surface area contributed by atoms with Crippen molar-refractivity contribution < 1.29 is 9.90 Å². The summed E-state index contributed by atoms with van der Waals surface area (Å²) < 4.78 is 0.490. The summed E-state index contributed by atoms with van der Waals surface area (Å²) in [6.45, 7) is 6.86. The van der Waals surface area contributed by atoms with Crippen molar-refractivity contribution in [1.82, 2.24) is 10.3 Å². The van der Waals surface area contributed by atoms with Crippen LogP contribution < -0.4 is 5.32 Å². The molecule has 2 N–H and O–H groups in total.